The van der Waals surface area contributed by atoms with Gasteiger partial charge in [0.1, 0.15) is 22.1 Å². The number of nitrogens with one attached hydrogen (secondary N) is 2. The van der Waals surface area contributed by atoms with Crippen molar-refractivity contribution in [3.8, 4) is 11.5 Å². The number of hydrogen-bond donors (Lipinski definition) is 2. The van der Waals surface area contributed by atoms with E-state index in [0.717, 1.165) is 29.7 Å². The van der Waals surface area contributed by atoms with Crippen molar-refractivity contribution in [2.75, 3.05) is 19.5 Å². The Morgan fingerprint density at radius 3 is 2.37 bits per heavy atom. The molecule has 0 saturated heterocycles. The minimum absolute atomic E-state index is 0.192. The van der Waals surface area contributed by atoms with Gasteiger partial charge < -0.3 is 19.5 Å². The average molecular weight is 536 g/mol. The van der Waals surface area contributed by atoms with Crippen LogP contribution in [0, 0.1) is 0 Å². The van der Waals surface area contributed by atoms with E-state index in [-0.39, 0.29) is 16.3 Å². The maximum atomic E-state index is 12.7. The van der Waals surface area contributed by atoms with Crippen LogP contribution in [0.15, 0.2) is 53.6 Å². The molecule has 1 aromatic heterocycles. The highest BCUT2D eigenvalue weighted by atomic mass is 32.1. The number of anilines is 1. The molecule has 11 heteroatoms. The summed E-state index contributed by atoms with van der Waals surface area (Å²) in [5, 5.41) is 6.62. The Balaban J connectivity index is 1.42. The third-order valence-electron chi connectivity index (χ3n) is 5.81. The molecule has 196 valence electrons. The first kappa shape index (κ1) is 26.6. The number of thiophene rings is 1. The topological polar surface area (TPSA) is 132 Å². The number of carbonyl (C=O) groups is 4. The first-order chi connectivity index (χ1) is 18.4. The molecule has 0 aliphatic heterocycles. The van der Waals surface area contributed by atoms with E-state index in [1.54, 1.807) is 48.5 Å². The summed E-state index contributed by atoms with van der Waals surface area (Å²) in [4.78, 5) is 51.0. The molecular weight excluding hydrogens is 510 g/mol. The quantitative estimate of drug-likeness (QED) is 0.155. The lowest BCUT2D eigenvalue weighted by molar-refractivity contribution is -0.136. The van der Waals surface area contributed by atoms with Crippen molar-refractivity contribution in [3.63, 3.8) is 0 Å². The average Bonchev–Trinajstić information content (AvgIpc) is 3.31. The summed E-state index contributed by atoms with van der Waals surface area (Å²) in [5.41, 5.74) is 3.94. The summed E-state index contributed by atoms with van der Waals surface area (Å²) in [6.07, 6.45) is 4.69. The van der Waals surface area contributed by atoms with E-state index in [9.17, 15) is 19.2 Å². The Labute approximate surface area is 222 Å². The Hall–Kier alpha value is -4.51. The van der Waals surface area contributed by atoms with Gasteiger partial charge in [0.2, 0.25) is 0 Å². The van der Waals surface area contributed by atoms with Crippen molar-refractivity contribution in [3.05, 3.63) is 75.7 Å². The Bertz CT molecular complexity index is 1410. The normalized spacial score (nSPS) is 12.4. The number of rotatable bonds is 7. The van der Waals surface area contributed by atoms with Gasteiger partial charge in [-0.05, 0) is 55.5 Å². The van der Waals surface area contributed by atoms with Gasteiger partial charge in [-0.3, -0.25) is 9.59 Å². The maximum Gasteiger partial charge on any atom is 0.347 e. The van der Waals surface area contributed by atoms with Crippen LogP contribution in [0.3, 0.4) is 0 Å². The zero-order valence-corrected chi connectivity index (χ0v) is 21.6. The number of hydrogen-bond acceptors (Lipinski definition) is 9. The highest BCUT2D eigenvalue weighted by Crippen LogP contribution is 2.38. The third kappa shape index (κ3) is 5.89. The maximum absolute atomic E-state index is 12.7. The lowest BCUT2D eigenvalue weighted by atomic mass is 9.95. The van der Waals surface area contributed by atoms with Gasteiger partial charge in [-0.2, -0.15) is 5.10 Å². The molecule has 2 amide bonds. The predicted molar refractivity (Wildman–Crippen MR) is 141 cm³/mol. The molecule has 1 heterocycles. The van der Waals surface area contributed by atoms with Crippen LogP contribution in [0.4, 0.5) is 5.00 Å². The highest BCUT2D eigenvalue weighted by Gasteiger charge is 2.28. The van der Waals surface area contributed by atoms with Crippen molar-refractivity contribution in [2.45, 2.75) is 25.7 Å². The van der Waals surface area contributed by atoms with E-state index in [2.05, 4.69) is 15.8 Å². The molecule has 2 N–H and O–H groups in total. The van der Waals surface area contributed by atoms with Crippen LogP contribution < -0.4 is 20.2 Å². The molecular formula is C27H25N3O7S. The first-order valence-electron chi connectivity index (χ1n) is 11.7. The lowest BCUT2D eigenvalue weighted by Crippen LogP contribution is -2.32. The fraction of sp³-hybridized carbons (Fsp3) is 0.222. The zero-order chi connectivity index (χ0) is 27.1. The fourth-order valence-electron chi connectivity index (χ4n) is 3.99. The van der Waals surface area contributed by atoms with Crippen molar-refractivity contribution >= 4 is 46.3 Å². The molecule has 0 atom stereocenters. The van der Waals surface area contributed by atoms with Gasteiger partial charge >= 0.3 is 23.8 Å². The van der Waals surface area contributed by atoms with Crippen molar-refractivity contribution < 1.29 is 33.4 Å². The molecule has 3 aromatic rings. The summed E-state index contributed by atoms with van der Waals surface area (Å²) in [5.74, 6) is -2.65. The molecule has 4 rings (SSSR count). The molecule has 38 heavy (non-hydrogen) atoms. The second-order valence-electron chi connectivity index (χ2n) is 8.19. The molecule has 0 unspecified atom stereocenters. The van der Waals surface area contributed by atoms with E-state index in [4.69, 9.17) is 14.2 Å². The number of methoxy groups -OCH3 is 2. The number of hydrazone groups is 1. The molecule has 2 aromatic carbocycles. The third-order valence-corrected chi connectivity index (χ3v) is 7.02. The second-order valence-corrected chi connectivity index (χ2v) is 9.29. The number of ether oxygens (including phenoxy) is 3. The summed E-state index contributed by atoms with van der Waals surface area (Å²) >= 11 is 1.27. The number of esters is 2. The van der Waals surface area contributed by atoms with E-state index in [0.29, 0.717) is 23.3 Å². The van der Waals surface area contributed by atoms with Gasteiger partial charge in [0, 0.05) is 10.4 Å². The van der Waals surface area contributed by atoms with E-state index >= 15 is 0 Å². The van der Waals surface area contributed by atoms with Gasteiger partial charge in [-0.25, -0.2) is 15.0 Å². The number of aryl methyl sites for hydroxylation is 1. The molecule has 0 radical (unpaired) electrons. The van der Waals surface area contributed by atoms with Gasteiger partial charge in [0.25, 0.3) is 0 Å². The minimum Gasteiger partial charge on any atom is -0.496 e. The van der Waals surface area contributed by atoms with Crippen molar-refractivity contribution in [1.29, 1.82) is 0 Å². The molecule has 0 spiro atoms. The van der Waals surface area contributed by atoms with Crippen LogP contribution in [-0.4, -0.2) is 44.2 Å². The van der Waals surface area contributed by atoms with Crippen molar-refractivity contribution in [2.24, 2.45) is 5.10 Å². The number of para-hydroxylation sites is 2. The van der Waals surface area contributed by atoms with E-state index in [1.807, 2.05) is 0 Å². The van der Waals surface area contributed by atoms with Crippen LogP contribution >= 0.6 is 11.3 Å². The summed E-state index contributed by atoms with van der Waals surface area (Å²) < 4.78 is 15.6. The fourth-order valence-corrected chi connectivity index (χ4v) is 5.26. The van der Waals surface area contributed by atoms with Crippen LogP contribution in [0.25, 0.3) is 0 Å². The number of amides is 2. The largest absolute Gasteiger partial charge is 0.496 e. The zero-order valence-electron chi connectivity index (χ0n) is 20.7. The van der Waals surface area contributed by atoms with E-state index in [1.165, 1.54) is 31.8 Å². The predicted octanol–water partition coefficient (Wildman–Crippen LogP) is 3.73. The summed E-state index contributed by atoms with van der Waals surface area (Å²) in [6.45, 7) is 0. The minimum atomic E-state index is -1.04. The van der Waals surface area contributed by atoms with Gasteiger partial charge in [0.05, 0.1) is 26.0 Å². The SMILES string of the molecule is COC(=O)c1c(NC(=O)C(=O)NN=Cc2ccccc2OC(=O)c2ccccc2OC)sc2c1CCCC2. The second kappa shape index (κ2) is 12.2. The van der Waals surface area contributed by atoms with Crippen LogP contribution in [0.5, 0.6) is 11.5 Å². The lowest BCUT2D eigenvalue weighted by Gasteiger charge is -2.11. The molecule has 10 nitrogen and oxygen atoms in total. The number of nitrogens with zero attached hydrogens (tertiary/aromatic N) is 1. The van der Waals surface area contributed by atoms with Gasteiger partial charge in [0.15, 0.2) is 0 Å². The van der Waals surface area contributed by atoms with Gasteiger partial charge in [-0.1, -0.05) is 24.3 Å². The van der Waals surface area contributed by atoms with Gasteiger partial charge in [-0.15, -0.1) is 11.3 Å². The summed E-state index contributed by atoms with van der Waals surface area (Å²) in [7, 11) is 2.72. The number of carbonyl (C=O) groups excluding carboxylic acids is 4. The smallest absolute Gasteiger partial charge is 0.347 e. The molecule has 0 bridgehead atoms. The number of fused-ring (bicyclic) bond motifs is 1. The van der Waals surface area contributed by atoms with Crippen molar-refractivity contribution in [1.82, 2.24) is 5.43 Å². The molecule has 0 saturated carbocycles. The first-order valence-corrected chi connectivity index (χ1v) is 12.6. The highest BCUT2D eigenvalue weighted by molar-refractivity contribution is 7.17. The number of benzene rings is 2. The summed E-state index contributed by atoms with van der Waals surface area (Å²) in [6, 6.07) is 13.2. The monoisotopic (exact) mass is 535 g/mol. The van der Waals surface area contributed by atoms with Crippen LogP contribution in [0.1, 0.15) is 49.6 Å². The standard InChI is InChI=1S/C27H25N3O7S/c1-35-20-13-7-4-10-17(20)26(33)37-19-12-6-3-9-16(19)15-28-30-24(32)23(31)29-25-22(27(34)36-2)18-11-5-8-14-21(18)38-25/h3-4,6-7,9-10,12-13,15H,5,8,11,14H2,1-2H3,(H,29,31)(H,30,32). The Morgan fingerprint density at radius 2 is 1.61 bits per heavy atom. The molecule has 0 fully saturated rings. The molecule has 1 aliphatic carbocycles. The Morgan fingerprint density at radius 1 is 0.895 bits per heavy atom. The van der Waals surface area contributed by atoms with Crippen LogP contribution in [0.2, 0.25) is 0 Å². The van der Waals surface area contributed by atoms with E-state index < -0.39 is 23.8 Å². The Kier molecular flexibility index (Phi) is 8.49. The molecule has 1 aliphatic rings. The van der Waals surface area contributed by atoms with Crippen LogP contribution in [-0.2, 0) is 27.2 Å².